The van der Waals surface area contributed by atoms with Gasteiger partial charge in [0.05, 0.1) is 20.3 Å². The van der Waals surface area contributed by atoms with Gasteiger partial charge in [0.25, 0.3) is 15.9 Å². The highest BCUT2D eigenvalue weighted by atomic mass is 35.5. The van der Waals surface area contributed by atoms with Crippen LogP contribution in [-0.2, 0) is 21.9 Å². The Hall–Kier alpha value is -1.23. The van der Waals surface area contributed by atoms with Gasteiger partial charge >= 0.3 is 0 Å². The van der Waals surface area contributed by atoms with Crippen LogP contribution >= 0.6 is 45.9 Å². The van der Waals surface area contributed by atoms with Crippen molar-refractivity contribution < 1.29 is 13.2 Å². The topological polar surface area (TPSA) is 71.7 Å². The molecule has 0 unspecified atom stereocenters. The molecule has 3 heterocycles. The third kappa shape index (κ3) is 3.92. The fraction of sp³-hybridized carbons (Fsp3) is 0.333. The Morgan fingerprint density at radius 3 is 2.59 bits per heavy atom. The summed E-state index contributed by atoms with van der Waals surface area (Å²) in [5.74, 6) is -0.531. The van der Waals surface area contributed by atoms with Gasteiger partial charge in [0.15, 0.2) is 4.80 Å². The zero-order chi connectivity index (χ0) is 20.8. The third-order valence-corrected chi connectivity index (χ3v) is 10.1. The monoisotopic (exact) mass is 489 g/mol. The van der Waals surface area contributed by atoms with Gasteiger partial charge in [0.2, 0.25) is 0 Å². The number of hydrogen-bond donors (Lipinski definition) is 0. The van der Waals surface area contributed by atoms with Gasteiger partial charge in [-0.1, -0.05) is 40.6 Å². The second-order valence-electron chi connectivity index (χ2n) is 6.71. The number of carbonyl (C=O) groups is 1. The highest BCUT2D eigenvalue weighted by molar-refractivity contribution is 7.91. The number of carbonyl (C=O) groups excluding carboxylic acids is 1. The van der Waals surface area contributed by atoms with E-state index in [1.54, 1.807) is 35.2 Å². The molecule has 6 nitrogen and oxygen atoms in total. The average Bonchev–Trinajstić information content (AvgIpc) is 3.35. The van der Waals surface area contributed by atoms with Crippen LogP contribution in [0.25, 0.3) is 10.2 Å². The summed E-state index contributed by atoms with van der Waals surface area (Å²) in [4.78, 5) is 17.6. The molecule has 154 valence electrons. The molecular formula is C18H17Cl2N3O3S3. The van der Waals surface area contributed by atoms with E-state index >= 15 is 0 Å². The van der Waals surface area contributed by atoms with E-state index in [0.29, 0.717) is 45.0 Å². The maximum Gasteiger partial charge on any atom is 0.252 e. The predicted molar refractivity (Wildman–Crippen MR) is 117 cm³/mol. The van der Waals surface area contributed by atoms with Gasteiger partial charge in [-0.3, -0.25) is 4.79 Å². The number of thiophene rings is 1. The molecule has 11 heteroatoms. The Morgan fingerprint density at radius 1 is 1.21 bits per heavy atom. The minimum Gasteiger partial charge on any atom is -0.318 e. The first-order valence-corrected chi connectivity index (χ1v) is 12.7. The molecule has 4 rings (SSSR count). The first-order valence-electron chi connectivity index (χ1n) is 8.85. The van der Waals surface area contributed by atoms with Crippen molar-refractivity contribution in [1.82, 2.24) is 8.87 Å². The molecule has 1 fully saturated rings. The van der Waals surface area contributed by atoms with E-state index < -0.39 is 10.0 Å². The summed E-state index contributed by atoms with van der Waals surface area (Å²) < 4.78 is 29.7. The Labute approximate surface area is 186 Å². The number of nitrogens with zero attached hydrogens (tertiary/aromatic N) is 3. The van der Waals surface area contributed by atoms with Crippen molar-refractivity contribution in [3.63, 3.8) is 0 Å². The van der Waals surface area contributed by atoms with E-state index in [9.17, 15) is 13.2 Å². The fourth-order valence-electron chi connectivity index (χ4n) is 3.34. The lowest BCUT2D eigenvalue weighted by Crippen LogP contribution is -2.40. The van der Waals surface area contributed by atoms with Crippen molar-refractivity contribution in [2.24, 2.45) is 18.0 Å². The Kier molecular flexibility index (Phi) is 5.89. The van der Waals surface area contributed by atoms with Crippen LogP contribution in [-0.4, -0.2) is 36.3 Å². The molecule has 0 spiro atoms. The van der Waals surface area contributed by atoms with Crippen LogP contribution in [0.15, 0.2) is 38.8 Å². The number of thiazole rings is 1. The summed E-state index contributed by atoms with van der Waals surface area (Å²) in [7, 11) is -1.68. The van der Waals surface area contributed by atoms with Gasteiger partial charge in [-0.05, 0) is 36.4 Å². The Morgan fingerprint density at radius 2 is 1.93 bits per heavy atom. The first-order chi connectivity index (χ1) is 13.8. The molecule has 0 radical (unpaired) electrons. The quantitative estimate of drug-likeness (QED) is 0.554. The predicted octanol–water partition coefficient (Wildman–Crippen LogP) is 4.14. The number of benzene rings is 1. The minimum absolute atomic E-state index is 0.234. The number of halogens is 2. The Bertz CT molecular complexity index is 1240. The average molecular weight is 490 g/mol. The second-order valence-corrected chi connectivity index (χ2v) is 11.6. The highest BCUT2D eigenvalue weighted by Gasteiger charge is 2.32. The summed E-state index contributed by atoms with van der Waals surface area (Å²) >= 11 is 15.0. The molecule has 29 heavy (non-hydrogen) atoms. The van der Waals surface area contributed by atoms with Crippen LogP contribution < -0.4 is 4.80 Å². The molecule has 1 aliphatic heterocycles. The van der Waals surface area contributed by atoms with Gasteiger partial charge < -0.3 is 4.57 Å². The van der Waals surface area contributed by atoms with E-state index in [4.69, 9.17) is 23.2 Å². The number of aromatic nitrogens is 1. The van der Waals surface area contributed by atoms with Crippen LogP contribution in [0.2, 0.25) is 10.0 Å². The molecule has 1 aliphatic rings. The van der Waals surface area contributed by atoms with Gasteiger partial charge in [-0.15, -0.1) is 11.3 Å². The van der Waals surface area contributed by atoms with E-state index in [2.05, 4.69) is 4.99 Å². The zero-order valence-corrected chi connectivity index (χ0v) is 19.3. The van der Waals surface area contributed by atoms with Gasteiger partial charge in [-0.25, -0.2) is 8.42 Å². The molecule has 1 saturated heterocycles. The van der Waals surface area contributed by atoms with Crippen molar-refractivity contribution in [2.75, 3.05) is 13.1 Å². The maximum atomic E-state index is 12.7. The maximum absolute atomic E-state index is 12.7. The summed E-state index contributed by atoms with van der Waals surface area (Å²) in [5.41, 5.74) is 0.743. The summed E-state index contributed by atoms with van der Waals surface area (Å²) in [6.07, 6.45) is 0.905. The van der Waals surface area contributed by atoms with Gasteiger partial charge in [-0.2, -0.15) is 9.30 Å². The van der Waals surface area contributed by atoms with Crippen LogP contribution in [0.1, 0.15) is 12.8 Å². The van der Waals surface area contributed by atoms with Crippen LogP contribution in [0, 0.1) is 5.92 Å². The van der Waals surface area contributed by atoms with Gasteiger partial charge in [0.1, 0.15) is 4.21 Å². The molecule has 0 atom stereocenters. The smallest absolute Gasteiger partial charge is 0.252 e. The SMILES string of the molecule is Cn1c(=NC(=O)C2CCN(S(=O)(=O)c3cccs3)CC2)sc2ccc(Cl)c(Cl)c21. The fourth-order valence-corrected chi connectivity index (χ4v) is 7.49. The largest absolute Gasteiger partial charge is 0.318 e. The van der Waals surface area contributed by atoms with Crippen molar-refractivity contribution in [1.29, 1.82) is 0 Å². The lowest BCUT2D eigenvalue weighted by molar-refractivity contribution is -0.122. The molecular weight excluding hydrogens is 473 g/mol. The lowest BCUT2D eigenvalue weighted by Gasteiger charge is -2.29. The van der Waals surface area contributed by atoms with E-state index in [-0.39, 0.29) is 11.8 Å². The Balaban J connectivity index is 1.53. The van der Waals surface area contributed by atoms with Crippen molar-refractivity contribution in [3.05, 3.63) is 44.5 Å². The van der Waals surface area contributed by atoms with Crippen LogP contribution in [0.5, 0.6) is 0 Å². The molecule has 1 amide bonds. The van der Waals surface area contributed by atoms with Crippen molar-refractivity contribution in [3.8, 4) is 0 Å². The van der Waals surface area contributed by atoms with Crippen molar-refractivity contribution >= 4 is 72.0 Å². The molecule has 0 aliphatic carbocycles. The number of sulfonamides is 1. The zero-order valence-electron chi connectivity index (χ0n) is 15.3. The highest BCUT2D eigenvalue weighted by Crippen LogP contribution is 2.32. The molecule has 1 aromatic carbocycles. The standard InChI is InChI=1S/C18H17Cl2N3O3S3/c1-22-16-13(5-4-12(19)15(16)20)28-18(22)21-17(24)11-6-8-23(9-7-11)29(25,26)14-3-2-10-27-14/h2-5,10-11H,6-9H2,1H3. The number of rotatable bonds is 3. The van der Waals surface area contributed by atoms with Crippen molar-refractivity contribution in [2.45, 2.75) is 17.1 Å². The van der Waals surface area contributed by atoms with E-state index in [1.807, 2.05) is 6.07 Å². The molecule has 3 aromatic rings. The minimum atomic E-state index is -3.48. The summed E-state index contributed by atoms with van der Waals surface area (Å²) in [5, 5.41) is 2.63. The number of fused-ring (bicyclic) bond motifs is 1. The first kappa shape index (κ1) is 21.0. The van der Waals surface area contributed by atoms with Crippen LogP contribution in [0.3, 0.4) is 0 Å². The van der Waals surface area contributed by atoms with Crippen LogP contribution in [0.4, 0.5) is 0 Å². The van der Waals surface area contributed by atoms with E-state index in [0.717, 1.165) is 10.2 Å². The number of hydrogen-bond acceptors (Lipinski definition) is 5. The molecule has 0 N–H and O–H groups in total. The molecule has 0 saturated carbocycles. The van der Waals surface area contributed by atoms with Gasteiger partial charge in [0, 0.05) is 26.1 Å². The third-order valence-electron chi connectivity index (χ3n) is 4.95. The second kappa shape index (κ2) is 8.13. The normalized spacial score (nSPS) is 17.3. The number of aryl methyl sites for hydroxylation is 1. The molecule has 2 aromatic heterocycles. The lowest BCUT2D eigenvalue weighted by atomic mass is 9.98. The summed E-state index contributed by atoms with van der Waals surface area (Å²) in [6, 6.07) is 6.90. The number of piperidine rings is 1. The molecule has 0 bridgehead atoms. The summed E-state index contributed by atoms with van der Waals surface area (Å²) in [6.45, 7) is 0.623. The number of amides is 1. The van der Waals surface area contributed by atoms with E-state index in [1.165, 1.54) is 27.0 Å².